The number of hydrogen-bond acceptors (Lipinski definition) is 5. The molecule has 0 aromatic heterocycles. The van der Waals surface area contributed by atoms with E-state index in [1.807, 2.05) is 36.4 Å². The van der Waals surface area contributed by atoms with Gasteiger partial charge < -0.3 is 14.2 Å². The van der Waals surface area contributed by atoms with Crippen LogP contribution < -0.4 is 19.6 Å². The fourth-order valence-corrected chi connectivity index (χ4v) is 4.51. The molecule has 1 N–H and O–H groups in total. The molecule has 9 heteroatoms. The number of amides is 1. The van der Waals surface area contributed by atoms with E-state index >= 15 is 0 Å². The molecule has 3 rings (SSSR count). The van der Waals surface area contributed by atoms with E-state index in [2.05, 4.69) is 49.0 Å². The molecule has 0 radical (unpaired) electrons. The van der Waals surface area contributed by atoms with Crippen LogP contribution in [0.3, 0.4) is 0 Å². The van der Waals surface area contributed by atoms with Crippen LogP contribution in [-0.4, -0.2) is 25.8 Å². The Morgan fingerprint density at radius 2 is 1.82 bits per heavy atom. The van der Waals surface area contributed by atoms with Crippen LogP contribution in [0.15, 0.2) is 81.3 Å². The van der Waals surface area contributed by atoms with Crippen LogP contribution in [0.25, 0.3) is 0 Å². The quantitative estimate of drug-likeness (QED) is 0.157. The molecule has 0 aliphatic rings. The van der Waals surface area contributed by atoms with Crippen molar-refractivity contribution in [3.63, 3.8) is 0 Å². The maximum absolute atomic E-state index is 12.5. The van der Waals surface area contributed by atoms with Gasteiger partial charge in [0.05, 0.1) is 22.3 Å². The van der Waals surface area contributed by atoms with Gasteiger partial charge in [0.2, 0.25) is 0 Å². The Morgan fingerprint density at radius 3 is 2.50 bits per heavy atom. The second kappa shape index (κ2) is 12.6. The van der Waals surface area contributed by atoms with Crippen LogP contribution >= 0.6 is 43.5 Å². The van der Waals surface area contributed by atoms with Crippen molar-refractivity contribution in [1.29, 1.82) is 0 Å². The molecule has 176 valence electrons. The number of ether oxygens (including phenoxy) is 3. The zero-order valence-electron chi connectivity index (χ0n) is 18.2. The molecule has 0 aliphatic carbocycles. The van der Waals surface area contributed by atoms with Crippen LogP contribution in [-0.2, 0) is 6.61 Å². The topological polar surface area (TPSA) is 69.2 Å². The number of carbonyl (C=O) groups excluding carboxylic acids is 1. The molecule has 0 unspecified atom stereocenters. The second-order valence-corrected chi connectivity index (χ2v) is 8.97. The van der Waals surface area contributed by atoms with Crippen molar-refractivity contribution in [2.45, 2.75) is 6.61 Å². The molecule has 0 aliphatic heterocycles. The third-order valence-corrected chi connectivity index (χ3v) is 6.06. The predicted octanol–water partition coefficient (Wildman–Crippen LogP) is 6.78. The molecule has 0 fully saturated rings. The highest BCUT2D eigenvalue weighted by Gasteiger charge is 2.12. The van der Waals surface area contributed by atoms with Crippen molar-refractivity contribution in [2.75, 3.05) is 13.7 Å². The minimum absolute atomic E-state index is 0.321. The minimum Gasteiger partial charge on any atom is -0.493 e. The monoisotopic (exact) mass is 606 g/mol. The number of rotatable bonds is 10. The van der Waals surface area contributed by atoms with Gasteiger partial charge in [0.1, 0.15) is 19.0 Å². The summed E-state index contributed by atoms with van der Waals surface area (Å²) in [5.74, 6) is 1.21. The first-order chi connectivity index (χ1) is 16.4. The molecule has 3 aromatic rings. The Bertz CT molecular complexity index is 1190. The van der Waals surface area contributed by atoms with Gasteiger partial charge in [0.25, 0.3) is 5.91 Å². The zero-order valence-corrected chi connectivity index (χ0v) is 22.1. The zero-order chi connectivity index (χ0) is 24.5. The van der Waals surface area contributed by atoms with E-state index in [1.165, 1.54) is 13.3 Å². The van der Waals surface area contributed by atoms with Gasteiger partial charge in [-0.3, -0.25) is 4.79 Å². The Labute approximate surface area is 219 Å². The number of nitrogens with zero attached hydrogens (tertiary/aromatic N) is 1. The van der Waals surface area contributed by atoms with E-state index in [4.69, 9.17) is 25.8 Å². The molecule has 0 bridgehead atoms. The summed E-state index contributed by atoms with van der Waals surface area (Å²) in [5.41, 5.74) is 4.52. The summed E-state index contributed by atoms with van der Waals surface area (Å²) in [7, 11) is 1.51. The fraction of sp³-hybridized carbons (Fsp3) is 0.120. The minimum atomic E-state index is -0.386. The van der Waals surface area contributed by atoms with Crippen molar-refractivity contribution in [1.82, 2.24) is 5.43 Å². The van der Waals surface area contributed by atoms with E-state index < -0.39 is 0 Å². The van der Waals surface area contributed by atoms with E-state index in [0.29, 0.717) is 41.0 Å². The Morgan fingerprint density at radius 1 is 1.09 bits per heavy atom. The molecule has 0 atom stereocenters. The standard InChI is InChI=1S/C25H21Br2ClN2O4/c1-3-10-33-22-9-8-17(13-23(22)32-2)25(31)30-29-14-16-11-19(26)24(20(27)12-16)34-15-18-6-4-5-7-21(18)28/h3-9,11-14H,1,10,15H2,2H3,(H,30,31)/b29-14+. The summed E-state index contributed by atoms with van der Waals surface area (Å²) in [6.07, 6.45) is 3.16. The smallest absolute Gasteiger partial charge is 0.271 e. The van der Waals surface area contributed by atoms with Gasteiger partial charge in [-0.25, -0.2) is 5.43 Å². The molecule has 3 aromatic carbocycles. The maximum atomic E-state index is 12.5. The summed E-state index contributed by atoms with van der Waals surface area (Å²) in [6, 6.07) is 16.0. The normalized spacial score (nSPS) is 10.7. The van der Waals surface area contributed by atoms with Crippen molar-refractivity contribution in [3.8, 4) is 17.2 Å². The molecule has 1 amide bonds. The lowest BCUT2D eigenvalue weighted by atomic mass is 10.2. The van der Waals surface area contributed by atoms with E-state index in [-0.39, 0.29) is 5.91 Å². The highest BCUT2D eigenvalue weighted by atomic mass is 79.9. The molecule has 6 nitrogen and oxygen atoms in total. The van der Waals surface area contributed by atoms with Crippen LogP contribution in [0.4, 0.5) is 0 Å². The number of carbonyl (C=O) groups is 1. The molecule has 0 saturated heterocycles. The Hall–Kier alpha value is -2.81. The van der Waals surface area contributed by atoms with E-state index in [9.17, 15) is 4.79 Å². The lowest BCUT2D eigenvalue weighted by Crippen LogP contribution is -2.17. The fourth-order valence-electron chi connectivity index (χ4n) is 2.86. The summed E-state index contributed by atoms with van der Waals surface area (Å²) < 4.78 is 18.2. The molecular formula is C25H21Br2ClN2O4. The summed E-state index contributed by atoms with van der Waals surface area (Å²) in [4.78, 5) is 12.5. The van der Waals surface area contributed by atoms with Crippen molar-refractivity contribution < 1.29 is 19.0 Å². The van der Waals surface area contributed by atoms with Crippen LogP contribution in [0.1, 0.15) is 21.5 Å². The van der Waals surface area contributed by atoms with Gasteiger partial charge in [-0.15, -0.1) is 0 Å². The van der Waals surface area contributed by atoms with Crippen molar-refractivity contribution >= 4 is 55.6 Å². The van der Waals surface area contributed by atoms with Gasteiger partial charge in [0.15, 0.2) is 11.5 Å². The lowest BCUT2D eigenvalue weighted by Gasteiger charge is -2.12. The predicted molar refractivity (Wildman–Crippen MR) is 141 cm³/mol. The van der Waals surface area contributed by atoms with Crippen LogP contribution in [0.2, 0.25) is 5.02 Å². The van der Waals surface area contributed by atoms with E-state index in [1.54, 1.807) is 24.3 Å². The largest absolute Gasteiger partial charge is 0.493 e. The van der Waals surface area contributed by atoms with Gasteiger partial charge >= 0.3 is 0 Å². The third-order valence-electron chi connectivity index (χ3n) is 4.51. The van der Waals surface area contributed by atoms with Gasteiger partial charge in [-0.05, 0) is 73.8 Å². The van der Waals surface area contributed by atoms with Crippen molar-refractivity contribution in [3.05, 3.63) is 97.9 Å². The first-order valence-electron chi connectivity index (χ1n) is 10.0. The Balaban J connectivity index is 1.65. The van der Waals surface area contributed by atoms with Crippen LogP contribution in [0, 0.1) is 0 Å². The first-order valence-corrected chi connectivity index (χ1v) is 12.0. The molecule has 0 spiro atoms. The average Bonchev–Trinajstić information content (AvgIpc) is 2.83. The summed E-state index contributed by atoms with van der Waals surface area (Å²) in [5, 5.41) is 4.70. The van der Waals surface area contributed by atoms with Crippen molar-refractivity contribution in [2.24, 2.45) is 5.10 Å². The number of halogens is 3. The number of hydrogen-bond donors (Lipinski definition) is 1. The average molecular weight is 609 g/mol. The molecular weight excluding hydrogens is 588 g/mol. The van der Waals surface area contributed by atoms with Crippen LogP contribution in [0.5, 0.6) is 17.2 Å². The number of methoxy groups -OCH3 is 1. The number of hydrazone groups is 1. The van der Waals surface area contributed by atoms with Gasteiger partial charge in [0, 0.05) is 16.1 Å². The number of benzene rings is 3. The highest BCUT2D eigenvalue weighted by Crippen LogP contribution is 2.35. The maximum Gasteiger partial charge on any atom is 0.271 e. The van der Waals surface area contributed by atoms with E-state index in [0.717, 1.165) is 20.1 Å². The van der Waals surface area contributed by atoms with Gasteiger partial charge in [-0.2, -0.15) is 5.10 Å². The Kier molecular flexibility index (Phi) is 9.56. The van der Waals surface area contributed by atoms with Gasteiger partial charge in [-0.1, -0.05) is 42.5 Å². The lowest BCUT2D eigenvalue weighted by molar-refractivity contribution is 0.0954. The highest BCUT2D eigenvalue weighted by molar-refractivity contribution is 9.11. The summed E-state index contributed by atoms with van der Waals surface area (Å²) >= 11 is 13.2. The molecule has 0 heterocycles. The second-order valence-electron chi connectivity index (χ2n) is 6.86. The number of nitrogens with one attached hydrogen (secondary N) is 1. The first kappa shape index (κ1) is 25.8. The molecule has 34 heavy (non-hydrogen) atoms. The third kappa shape index (κ3) is 6.85. The molecule has 0 saturated carbocycles. The SMILES string of the molecule is C=CCOc1ccc(C(=O)N/N=C/c2cc(Br)c(OCc3ccccc3Cl)c(Br)c2)cc1OC. The summed E-state index contributed by atoms with van der Waals surface area (Å²) in [6.45, 7) is 4.27.